The Balaban J connectivity index is 1.25. The van der Waals surface area contributed by atoms with E-state index in [0.717, 1.165) is 28.7 Å². The van der Waals surface area contributed by atoms with Gasteiger partial charge in [0.05, 0.1) is 18.1 Å². The zero-order valence-electron chi connectivity index (χ0n) is 44.7. The first-order valence-electron chi connectivity index (χ1n) is 25.9. The Morgan fingerprint density at radius 2 is 1.44 bits per heavy atom. The summed E-state index contributed by atoms with van der Waals surface area (Å²) >= 11 is 0. The summed E-state index contributed by atoms with van der Waals surface area (Å²) in [4.78, 5) is 117. The second-order valence-electron chi connectivity index (χ2n) is 20.7. The van der Waals surface area contributed by atoms with E-state index in [0.29, 0.717) is 37.1 Å². The number of Topliss-reactive ketones (excluding diaryl/α,β-unsaturated/α-hetero) is 1. The van der Waals surface area contributed by atoms with Crippen LogP contribution in [-0.2, 0) is 49.7 Å². The number of carboxylic acid groups (broad SMARTS) is 1. The van der Waals surface area contributed by atoms with E-state index in [4.69, 9.17) is 11.5 Å². The van der Waals surface area contributed by atoms with Gasteiger partial charge in [0.25, 0.3) is 11.8 Å². The van der Waals surface area contributed by atoms with Crippen molar-refractivity contribution in [1.29, 1.82) is 0 Å². The number of hydrogen-bond donors (Lipinski definition) is 8. The summed E-state index contributed by atoms with van der Waals surface area (Å²) in [5, 5.41) is 30.2. The minimum Gasteiger partial charge on any atom is -0.480 e. The van der Waals surface area contributed by atoms with Crippen LogP contribution < -0.4 is 32.7 Å². The lowest BCUT2D eigenvalue weighted by Crippen LogP contribution is -2.56. The zero-order valence-corrected chi connectivity index (χ0v) is 44.7. The Kier molecular flexibility index (Phi) is 23.8. The highest BCUT2D eigenvalue weighted by Crippen LogP contribution is 2.41. The minimum atomic E-state index is -1.40. The van der Waals surface area contributed by atoms with Gasteiger partial charge in [0, 0.05) is 74.2 Å². The van der Waals surface area contributed by atoms with E-state index in [-0.39, 0.29) is 81.5 Å². The molecule has 20 nitrogen and oxygen atoms in total. The number of aromatic nitrogens is 1. The summed E-state index contributed by atoms with van der Waals surface area (Å²) in [6.07, 6.45) is 5.43. The highest BCUT2D eigenvalue weighted by Gasteiger charge is 2.38. The fourth-order valence-corrected chi connectivity index (χ4v) is 8.93. The van der Waals surface area contributed by atoms with Crippen LogP contribution in [0.25, 0.3) is 11.1 Å². The number of carbonyl (C=O) groups is 9. The molecule has 0 saturated heterocycles. The quantitative estimate of drug-likeness (QED) is 0.0339. The zero-order chi connectivity index (χ0) is 57.1. The summed E-state index contributed by atoms with van der Waals surface area (Å²) in [7, 11) is 0. The second kappa shape index (κ2) is 29.4. The molecule has 77 heavy (non-hydrogen) atoms. The van der Waals surface area contributed by atoms with E-state index >= 15 is 4.39 Å². The number of nitrogens with zero attached hydrogens (tertiary/aromatic N) is 3. The van der Waals surface area contributed by atoms with Gasteiger partial charge < -0.3 is 52.4 Å². The molecule has 1 unspecified atom stereocenters. The summed E-state index contributed by atoms with van der Waals surface area (Å²) in [6, 6.07) is 7.65. The molecule has 6 atom stereocenters. The number of hydrogen-bond acceptors (Lipinski definition) is 12. The van der Waals surface area contributed by atoms with Gasteiger partial charge in [-0.1, -0.05) is 71.4 Å². The molecule has 10 N–H and O–H groups in total. The van der Waals surface area contributed by atoms with Crippen molar-refractivity contribution >= 4 is 53.1 Å². The Hall–Kier alpha value is -7.17. The van der Waals surface area contributed by atoms with Crippen LogP contribution in [0.15, 0.2) is 72.9 Å². The maximum absolute atomic E-state index is 15.1. The first kappa shape index (κ1) is 62.4. The second-order valence-corrected chi connectivity index (χ2v) is 20.7. The maximum Gasteiger partial charge on any atom is 0.326 e. The molecule has 3 aromatic rings. The lowest BCUT2D eigenvalue weighted by atomic mass is 9.82. The van der Waals surface area contributed by atoms with E-state index in [2.05, 4.69) is 21.3 Å². The maximum atomic E-state index is 15.1. The van der Waals surface area contributed by atoms with Crippen LogP contribution in [0.5, 0.6) is 0 Å². The van der Waals surface area contributed by atoms with E-state index in [1.54, 1.807) is 26.1 Å². The summed E-state index contributed by atoms with van der Waals surface area (Å²) in [5.74, 6) is -7.37. The van der Waals surface area contributed by atoms with Crippen LogP contribution in [0.2, 0.25) is 0 Å². The van der Waals surface area contributed by atoms with Crippen molar-refractivity contribution in [2.24, 2.45) is 22.8 Å². The van der Waals surface area contributed by atoms with Gasteiger partial charge in [-0.3, -0.25) is 43.3 Å². The van der Waals surface area contributed by atoms with Gasteiger partial charge in [0.15, 0.2) is 5.78 Å². The highest BCUT2D eigenvalue weighted by atomic mass is 19.1. The predicted octanol–water partition coefficient (Wildman–Crippen LogP) is 3.38. The number of halogens is 2. The van der Waals surface area contributed by atoms with E-state index in [1.807, 2.05) is 55.7 Å². The number of carboxylic acids is 1. The summed E-state index contributed by atoms with van der Waals surface area (Å²) < 4.78 is 31.4. The first-order valence-corrected chi connectivity index (χ1v) is 25.9. The van der Waals surface area contributed by atoms with Crippen LogP contribution in [0, 0.1) is 23.0 Å². The van der Waals surface area contributed by atoms with Crippen molar-refractivity contribution in [2.45, 2.75) is 142 Å². The van der Waals surface area contributed by atoms with Gasteiger partial charge >= 0.3 is 5.97 Å². The average Bonchev–Trinajstić information content (AvgIpc) is 3.93. The van der Waals surface area contributed by atoms with E-state index in [9.17, 15) is 57.8 Å². The van der Waals surface area contributed by atoms with Crippen molar-refractivity contribution in [3.63, 3.8) is 0 Å². The lowest BCUT2D eigenvalue weighted by Gasteiger charge is -2.41. The highest BCUT2D eigenvalue weighted by molar-refractivity contribution is 6.12. The van der Waals surface area contributed by atoms with Crippen LogP contribution in [-0.4, -0.2) is 134 Å². The lowest BCUT2D eigenvalue weighted by molar-refractivity contribution is -0.142. The number of imide groups is 1. The number of aliphatic carboxylic acids is 1. The molecule has 22 heteroatoms. The van der Waals surface area contributed by atoms with Crippen LogP contribution >= 0.6 is 0 Å². The number of amides is 7. The van der Waals surface area contributed by atoms with Gasteiger partial charge in [-0.2, -0.15) is 0 Å². The molecule has 420 valence electrons. The third-order valence-corrected chi connectivity index (χ3v) is 13.2. The Labute approximate surface area is 447 Å². The van der Waals surface area contributed by atoms with Gasteiger partial charge in [-0.15, -0.1) is 0 Å². The number of ketones is 1. The molecule has 0 bridgehead atoms. The number of aliphatic hydroxyl groups excluding tert-OH is 1. The Morgan fingerprint density at radius 1 is 0.766 bits per heavy atom. The van der Waals surface area contributed by atoms with Crippen molar-refractivity contribution in [3.8, 4) is 11.1 Å². The molecule has 0 fully saturated rings. The predicted molar refractivity (Wildman–Crippen MR) is 282 cm³/mol. The molecule has 0 aliphatic carbocycles. The number of aliphatic hydroxyl groups is 1. The van der Waals surface area contributed by atoms with Gasteiger partial charge in [-0.25, -0.2) is 13.6 Å². The van der Waals surface area contributed by atoms with Crippen molar-refractivity contribution in [2.75, 3.05) is 26.2 Å². The molecule has 0 spiro atoms. The van der Waals surface area contributed by atoms with Crippen LogP contribution in [0.4, 0.5) is 8.78 Å². The molecular weight excluding hydrogens is 1000 g/mol. The number of unbranched alkanes of at least 4 members (excludes halogenated alkanes) is 2. The monoisotopic (exact) mass is 1080 g/mol. The molecule has 7 amide bonds. The Morgan fingerprint density at radius 3 is 2.06 bits per heavy atom. The van der Waals surface area contributed by atoms with Gasteiger partial charge in [-0.05, 0) is 86.6 Å². The first-order chi connectivity index (χ1) is 36.3. The number of carbonyl (C=O) groups excluding carboxylic acids is 8. The molecule has 1 aromatic heterocycles. The number of rotatable bonds is 31. The molecule has 0 radical (unpaired) electrons. The smallest absolute Gasteiger partial charge is 0.326 e. The third-order valence-electron chi connectivity index (χ3n) is 13.2. The largest absolute Gasteiger partial charge is 0.480 e. The van der Waals surface area contributed by atoms with Gasteiger partial charge in [0.2, 0.25) is 29.5 Å². The normalized spacial score (nSPS) is 14.8. The van der Waals surface area contributed by atoms with Crippen molar-refractivity contribution in [1.82, 2.24) is 35.6 Å². The molecule has 0 saturated carbocycles. The standard InChI is InChI=1S/C55H75F2N9O11/c1-33(2)49(63-45(69)18-11-8-12-26-65-46(70)21-22-47(65)71)53(75)61-34(3)51(73)62-42(54(76)77)17-13-16-40(58)44(68)23-25-60-52(74)41(59)24-27-66(48(72)32-67)50(55(4,5)6)43-28-36(38-29-37(56)19-20-39(38)57)31-64(43)30-35-14-9-7-10-15-35/h7,9-10,14-15,19-22,28-29,31,33-34,40-42,49-50,67H,8,11-13,16-18,23-27,30,32,58-59H2,1-6H3,(H,60,74)(H,61,75)(H,62,73)(H,63,69)(H,76,77)/t34-,40?,41-,42-,49-,50-/m0/s1. The summed E-state index contributed by atoms with van der Waals surface area (Å²) in [5.41, 5.74) is 13.6. The van der Waals surface area contributed by atoms with E-state index < -0.39 is 101 Å². The number of nitrogens with one attached hydrogen (secondary N) is 4. The van der Waals surface area contributed by atoms with Gasteiger partial charge in [0.1, 0.15) is 36.4 Å². The molecule has 2 aromatic carbocycles. The average molecular weight is 1080 g/mol. The van der Waals surface area contributed by atoms with Crippen molar-refractivity contribution in [3.05, 3.63) is 95.8 Å². The van der Waals surface area contributed by atoms with Crippen LogP contribution in [0.1, 0.15) is 117 Å². The molecule has 1 aliphatic heterocycles. The topological polar surface area (TPSA) is 306 Å². The fourth-order valence-electron chi connectivity index (χ4n) is 8.93. The fraction of sp³-hybridized carbons (Fsp3) is 0.509. The Bertz CT molecular complexity index is 2580. The summed E-state index contributed by atoms with van der Waals surface area (Å²) in [6.45, 7) is 9.85. The minimum absolute atomic E-state index is 0.0182. The molecule has 4 rings (SSSR count). The molecule has 1 aliphatic rings. The van der Waals surface area contributed by atoms with E-state index in [1.165, 1.54) is 24.0 Å². The van der Waals surface area contributed by atoms with Crippen molar-refractivity contribution < 1.29 is 62.1 Å². The SMILES string of the molecule is CC(C)[C@H](NC(=O)CCCCCN1C(=O)C=CC1=O)C(=O)N[C@@H](C)C(=O)N[C@@H](CCCC(N)C(=O)CCNC(=O)[C@@H](N)CCN(C(=O)CO)[C@@H](c1cc(-c2cc(F)ccc2F)cn1Cc1ccccc1)C(C)(C)C)C(=O)O. The van der Waals surface area contributed by atoms with Crippen LogP contribution in [0.3, 0.4) is 0 Å². The number of nitrogens with two attached hydrogens (primary N) is 2. The third kappa shape index (κ3) is 18.8. The molecule has 2 heterocycles. The number of benzene rings is 2. The molecular formula is C55H75F2N9O11.